The zero-order valence-corrected chi connectivity index (χ0v) is 9.02. The molecule has 0 bridgehead atoms. The number of aromatic carboxylic acids is 1. The zero-order valence-electron chi connectivity index (χ0n) is 9.02. The Kier molecular flexibility index (Phi) is 2.23. The predicted molar refractivity (Wildman–Crippen MR) is 60.8 cm³/mol. The van der Waals surface area contributed by atoms with Gasteiger partial charge < -0.3 is 20.1 Å². The molecule has 0 amide bonds. The number of carboxylic acids is 1. The van der Waals surface area contributed by atoms with Crippen LogP contribution < -0.4 is 10.5 Å². The SMILES string of the molecule is COc1c(C(=O)O)cc(N)c2c1ccn2C. The van der Waals surface area contributed by atoms with Crippen molar-refractivity contribution in [1.29, 1.82) is 0 Å². The third-order valence-electron chi connectivity index (χ3n) is 2.57. The van der Waals surface area contributed by atoms with E-state index >= 15 is 0 Å². The van der Waals surface area contributed by atoms with Gasteiger partial charge in [-0.25, -0.2) is 4.79 Å². The molecule has 0 spiro atoms. The average molecular weight is 220 g/mol. The molecule has 1 heterocycles. The smallest absolute Gasteiger partial charge is 0.339 e. The average Bonchev–Trinajstić information content (AvgIpc) is 2.61. The first-order valence-corrected chi connectivity index (χ1v) is 4.71. The van der Waals surface area contributed by atoms with Gasteiger partial charge in [-0.05, 0) is 12.1 Å². The van der Waals surface area contributed by atoms with Gasteiger partial charge in [0.15, 0.2) is 0 Å². The number of anilines is 1. The number of benzene rings is 1. The van der Waals surface area contributed by atoms with E-state index in [1.807, 2.05) is 17.8 Å². The minimum atomic E-state index is -1.05. The van der Waals surface area contributed by atoms with Gasteiger partial charge in [-0.3, -0.25) is 0 Å². The van der Waals surface area contributed by atoms with Gasteiger partial charge in [-0.1, -0.05) is 0 Å². The maximum Gasteiger partial charge on any atom is 0.339 e. The molecule has 2 aromatic rings. The van der Waals surface area contributed by atoms with E-state index in [2.05, 4.69) is 0 Å². The molecule has 0 fully saturated rings. The molecule has 1 aromatic heterocycles. The maximum absolute atomic E-state index is 11.0. The highest BCUT2D eigenvalue weighted by atomic mass is 16.5. The number of carboxylic acid groups (broad SMARTS) is 1. The second-order valence-corrected chi connectivity index (χ2v) is 3.54. The van der Waals surface area contributed by atoms with Crippen LogP contribution >= 0.6 is 0 Å². The molecule has 5 heteroatoms. The van der Waals surface area contributed by atoms with Crippen molar-refractivity contribution >= 4 is 22.6 Å². The van der Waals surface area contributed by atoms with Crippen LogP contribution in [0, 0.1) is 0 Å². The van der Waals surface area contributed by atoms with E-state index in [9.17, 15) is 4.79 Å². The highest BCUT2D eigenvalue weighted by molar-refractivity contribution is 6.04. The molecule has 0 unspecified atom stereocenters. The molecule has 0 aliphatic carbocycles. The first-order valence-electron chi connectivity index (χ1n) is 4.71. The fraction of sp³-hybridized carbons (Fsp3) is 0.182. The van der Waals surface area contributed by atoms with Crippen LogP contribution in [0.1, 0.15) is 10.4 Å². The van der Waals surface area contributed by atoms with Crippen LogP contribution in [0.4, 0.5) is 5.69 Å². The summed E-state index contributed by atoms with van der Waals surface area (Å²) in [5.74, 6) is -0.702. The molecular formula is C11H12N2O3. The summed E-state index contributed by atoms with van der Waals surface area (Å²) in [7, 11) is 3.29. The summed E-state index contributed by atoms with van der Waals surface area (Å²) in [6.07, 6.45) is 1.81. The molecule has 0 radical (unpaired) electrons. The Morgan fingerprint density at radius 1 is 1.56 bits per heavy atom. The van der Waals surface area contributed by atoms with Crippen LogP contribution in [-0.2, 0) is 7.05 Å². The lowest BCUT2D eigenvalue weighted by molar-refractivity contribution is 0.0693. The number of hydrogen-bond donors (Lipinski definition) is 2. The van der Waals surface area contributed by atoms with E-state index in [1.165, 1.54) is 13.2 Å². The summed E-state index contributed by atoms with van der Waals surface area (Å²) in [5, 5.41) is 9.76. The molecule has 16 heavy (non-hydrogen) atoms. The third kappa shape index (κ3) is 1.29. The monoisotopic (exact) mass is 220 g/mol. The number of nitrogens with two attached hydrogens (primary N) is 1. The maximum atomic E-state index is 11.0. The van der Waals surface area contributed by atoms with Crippen molar-refractivity contribution < 1.29 is 14.6 Å². The summed E-state index contributed by atoms with van der Waals surface area (Å²) in [4.78, 5) is 11.0. The van der Waals surface area contributed by atoms with Crippen molar-refractivity contribution in [3.63, 3.8) is 0 Å². The fourth-order valence-electron chi connectivity index (χ4n) is 1.89. The Balaban J connectivity index is 2.91. The Morgan fingerprint density at radius 2 is 2.25 bits per heavy atom. The predicted octanol–water partition coefficient (Wildman–Crippen LogP) is 1.47. The fourth-order valence-corrected chi connectivity index (χ4v) is 1.89. The number of carbonyl (C=O) groups is 1. The molecule has 0 saturated carbocycles. The first-order chi connectivity index (χ1) is 7.56. The third-order valence-corrected chi connectivity index (χ3v) is 2.57. The van der Waals surface area contributed by atoms with E-state index in [0.717, 1.165) is 5.52 Å². The van der Waals surface area contributed by atoms with Crippen LogP contribution in [0.3, 0.4) is 0 Å². The molecular weight excluding hydrogens is 208 g/mol. The number of nitrogen functional groups attached to an aromatic ring is 1. The number of aromatic nitrogens is 1. The van der Waals surface area contributed by atoms with Gasteiger partial charge in [0.05, 0.1) is 18.3 Å². The van der Waals surface area contributed by atoms with Gasteiger partial charge in [0.2, 0.25) is 0 Å². The van der Waals surface area contributed by atoms with Crippen molar-refractivity contribution in [3.8, 4) is 5.75 Å². The number of hydrogen-bond acceptors (Lipinski definition) is 3. The molecule has 0 saturated heterocycles. The normalized spacial score (nSPS) is 10.6. The lowest BCUT2D eigenvalue weighted by atomic mass is 10.1. The van der Waals surface area contributed by atoms with Crippen molar-refractivity contribution in [2.24, 2.45) is 7.05 Å². The van der Waals surface area contributed by atoms with E-state index < -0.39 is 5.97 Å². The molecule has 3 N–H and O–H groups in total. The van der Waals surface area contributed by atoms with Gasteiger partial charge >= 0.3 is 5.97 Å². The summed E-state index contributed by atoms with van der Waals surface area (Å²) in [6.45, 7) is 0. The highest BCUT2D eigenvalue weighted by Gasteiger charge is 2.18. The van der Waals surface area contributed by atoms with Crippen LogP contribution in [0.15, 0.2) is 18.3 Å². The van der Waals surface area contributed by atoms with Crippen LogP contribution in [-0.4, -0.2) is 22.8 Å². The number of ether oxygens (including phenoxy) is 1. The molecule has 0 aliphatic rings. The van der Waals surface area contributed by atoms with E-state index in [0.29, 0.717) is 16.8 Å². The Bertz CT molecular complexity index is 572. The first kappa shape index (κ1) is 10.4. The van der Waals surface area contributed by atoms with Crippen LogP contribution in [0.2, 0.25) is 0 Å². The van der Waals surface area contributed by atoms with Gasteiger partial charge in [0, 0.05) is 18.6 Å². The summed E-state index contributed by atoms with van der Waals surface area (Å²) >= 11 is 0. The van der Waals surface area contributed by atoms with Crippen LogP contribution in [0.25, 0.3) is 10.9 Å². The summed E-state index contributed by atoms with van der Waals surface area (Å²) in [6, 6.07) is 3.21. The number of fused-ring (bicyclic) bond motifs is 1. The van der Waals surface area contributed by atoms with Gasteiger partial charge in [0.1, 0.15) is 11.3 Å². The Morgan fingerprint density at radius 3 is 2.81 bits per heavy atom. The quantitative estimate of drug-likeness (QED) is 0.751. The molecule has 5 nitrogen and oxygen atoms in total. The van der Waals surface area contributed by atoms with Crippen molar-refractivity contribution in [1.82, 2.24) is 4.57 Å². The topological polar surface area (TPSA) is 77.5 Å². The minimum absolute atomic E-state index is 0.0821. The van der Waals surface area contributed by atoms with Gasteiger partial charge in [0.25, 0.3) is 0 Å². The van der Waals surface area contributed by atoms with Crippen molar-refractivity contribution in [2.45, 2.75) is 0 Å². The van der Waals surface area contributed by atoms with E-state index in [-0.39, 0.29) is 5.56 Å². The standard InChI is InChI=1S/C11H12N2O3/c1-13-4-3-6-9(13)8(12)5-7(11(14)15)10(6)16-2/h3-5H,12H2,1-2H3,(H,14,15). The molecule has 0 aliphatic heterocycles. The molecule has 1 aromatic carbocycles. The van der Waals surface area contributed by atoms with E-state index in [1.54, 1.807) is 6.07 Å². The Hall–Kier alpha value is -2.17. The molecule has 0 atom stereocenters. The number of methoxy groups -OCH3 is 1. The second kappa shape index (κ2) is 3.44. The highest BCUT2D eigenvalue weighted by Crippen LogP contribution is 2.34. The summed E-state index contributed by atoms with van der Waals surface area (Å²) in [5.41, 5.74) is 7.12. The largest absolute Gasteiger partial charge is 0.495 e. The second-order valence-electron chi connectivity index (χ2n) is 3.54. The molecule has 84 valence electrons. The lowest BCUT2D eigenvalue weighted by Crippen LogP contribution is -2.03. The Labute approximate surface area is 92.0 Å². The lowest BCUT2D eigenvalue weighted by Gasteiger charge is -2.09. The van der Waals surface area contributed by atoms with Gasteiger partial charge in [-0.15, -0.1) is 0 Å². The van der Waals surface area contributed by atoms with E-state index in [4.69, 9.17) is 15.6 Å². The number of aryl methyl sites for hydroxylation is 1. The van der Waals surface area contributed by atoms with Crippen molar-refractivity contribution in [2.75, 3.05) is 12.8 Å². The number of nitrogens with zero attached hydrogens (tertiary/aromatic N) is 1. The minimum Gasteiger partial charge on any atom is -0.495 e. The van der Waals surface area contributed by atoms with Crippen LogP contribution in [0.5, 0.6) is 5.75 Å². The zero-order chi connectivity index (χ0) is 11.9. The molecule has 2 rings (SSSR count). The number of rotatable bonds is 2. The summed E-state index contributed by atoms with van der Waals surface area (Å²) < 4.78 is 6.97. The van der Waals surface area contributed by atoms with Gasteiger partial charge in [-0.2, -0.15) is 0 Å². The van der Waals surface area contributed by atoms with Crippen molar-refractivity contribution in [3.05, 3.63) is 23.9 Å².